The normalized spacial score (nSPS) is 15.3. The van der Waals surface area contributed by atoms with E-state index in [2.05, 4.69) is 22.4 Å². The number of thiophene rings is 1. The van der Waals surface area contributed by atoms with Crippen LogP contribution in [-0.2, 0) is 6.54 Å². The molecule has 1 aromatic carbocycles. The van der Waals surface area contributed by atoms with Gasteiger partial charge in [-0.1, -0.05) is 6.07 Å². The molecule has 0 atom stereocenters. The van der Waals surface area contributed by atoms with Crippen LogP contribution in [0, 0.1) is 21.4 Å². The third-order valence-corrected chi connectivity index (χ3v) is 4.83. The maximum Gasteiger partial charge on any atom is 0.293 e. The molecule has 1 fully saturated rings. The Balaban J connectivity index is 1.70. The number of piperazine rings is 1. The Morgan fingerprint density at radius 2 is 2.04 bits per heavy atom. The number of benzene rings is 1. The van der Waals surface area contributed by atoms with Crippen molar-refractivity contribution in [2.45, 2.75) is 6.54 Å². The molecule has 0 amide bonds. The highest BCUT2D eigenvalue weighted by molar-refractivity contribution is 7.09. The van der Waals surface area contributed by atoms with Gasteiger partial charge in [0, 0.05) is 43.7 Å². The van der Waals surface area contributed by atoms with Crippen LogP contribution in [0.15, 0.2) is 35.7 Å². The van der Waals surface area contributed by atoms with Crippen LogP contribution >= 0.6 is 11.3 Å². The van der Waals surface area contributed by atoms with Gasteiger partial charge in [0.15, 0.2) is 0 Å². The minimum atomic E-state index is -0.409. The van der Waals surface area contributed by atoms with Crippen LogP contribution in [0.1, 0.15) is 10.4 Å². The highest BCUT2D eigenvalue weighted by Crippen LogP contribution is 2.30. The van der Waals surface area contributed by atoms with E-state index >= 15 is 0 Å². The van der Waals surface area contributed by atoms with Gasteiger partial charge in [0.1, 0.15) is 5.69 Å². The monoisotopic (exact) mass is 328 g/mol. The molecule has 0 bridgehead atoms. The molecular formula is C16H16N4O2S. The van der Waals surface area contributed by atoms with Crippen molar-refractivity contribution in [3.8, 4) is 6.07 Å². The second-order valence-electron chi connectivity index (χ2n) is 5.41. The average molecular weight is 328 g/mol. The van der Waals surface area contributed by atoms with E-state index < -0.39 is 4.92 Å². The fraction of sp³-hybridized carbons (Fsp3) is 0.312. The summed E-state index contributed by atoms with van der Waals surface area (Å²) in [5.74, 6) is 0. The molecule has 0 saturated carbocycles. The van der Waals surface area contributed by atoms with Gasteiger partial charge in [-0.2, -0.15) is 5.26 Å². The Morgan fingerprint density at radius 1 is 1.26 bits per heavy atom. The van der Waals surface area contributed by atoms with Gasteiger partial charge in [-0.15, -0.1) is 11.3 Å². The smallest absolute Gasteiger partial charge is 0.293 e. The van der Waals surface area contributed by atoms with Crippen LogP contribution < -0.4 is 4.90 Å². The zero-order chi connectivity index (χ0) is 16.2. The van der Waals surface area contributed by atoms with Crippen LogP contribution in [0.5, 0.6) is 0 Å². The molecule has 6 nitrogen and oxygen atoms in total. The maximum absolute atomic E-state index is 11.3. The molecule has 2 aromatic rings. The lowest BCUT2D eigenvalue weighted by atomic mass is 10.1. The number of nitrogens with zero attached hydrogens (tertiary/aromatic N) is 4. The highest BCUT2D eigenvalue weighted by Gasteiger charge is 2.24. The number of nitro groups is 1. The molecule has 0 spiro atoms. The zero-order valence-electron chi connectivity index (χ0n) is 12.5. The number of nitriles is 1. The molecule has 1 aliphatic rings. The first-order valence-electron chi connectivity index (χ1n) is 7.35. The van der Waals surface area contributed by atoms with Crippen molar-refractivity contribution in [2.24, 2.45) is 0 Å². The lowest BCUT2D eigenvalue weighted by Gasteiger charge is -2.35. The molecule has 0 unspecified atom stereocenters. The maximum atomic E-state index is 11.3. The average Bonchev–Trinajstić information content (AvgIpc) is 3.08. The molecule has 23 heavy (non-hydrogen) atoms. The standard InChI is InChI=1S/C16H16N4O2S/c17-11-13-3-4-15(16(10-13)20(21)22)19-7-5-18(6-8-19)12-14-2-1-9-23-14/h1-4,9-10H,5-8,12H2. The van der Waals surface area contributed by atoms with Crippen molar-refractivity contribution in [1.29, 1.82) is 5.26 Å². The lowest BCUT2D eigenvalue weighted by Crippen LogP contribution is -2.46. The van der Waals surface area contributed by atoms with E-state index in [1.54, 1.807) is 23.5 Å². The van der Waals surface area contributed by atoms with E-state index in [1.807, 2.05) is 11.0 Å². The second-order valence-corrected chi connectivity index (χ2v) is 6.45. The fourth-order valence-electron chi connectivity index (χ4n) is 2.78. The summed E-state index contributed by atoms with van der Waals surface area (Å²) in [6.45, 7) is 4.17. The summed E-state index contributed by atoms with van der Waals surface area (Å²) in [5, 5.41) is 22.3. The van der Waals surface area contributed by atoms with Crippen LogP contribution in [0.3, 0.4) is 0 Å². The minimum Gasteiger partial charge on any atom is -0.363 e. The summed E-state index contributed by atoms with van der Waals surface area (Å²) in [6, 6.07) is 10.8. The predicted molar refractivity (Wildman–Crippen MR) is 89.6 cm³/mol. The Labute approximate surface area is 138 Å². The summed E-state index contributed by atoms with van der Waals surface area (Å²) in [6.07, 6.45) is 0. The number of hydrogen-bond donors (Lipinski definition) is 0. The Hall–Kier alpha value is -2.43. The van der Waals surface area contributed by atoms with E-state index in [1.165, 1.54) is 10.9 Å². The van der Waals surface area contributed by atoms with Crippen molar-refractivity contribution in [2.75, 3.05) is 31.1 Å². The van der Waals surface area contributed by atoms with Crippen LogP contribution in [0.2, 0.25) is 0 Å². The predicted octanol–water partition coefficient (Wildman–Crippen LogP) is 2.85. The summed E-state index contributed by atoms with van der Waals surface area (Å²) in [5.41, 5.74) is 0.928. The van der Waals surface area contributed by atoms with Crippen LogP contribution in [0.25, 0.3) is 0 Å². The van der Waals surface area contributed by atoms with E-state index in [0.717, 1.165) is 32.7 Å². The first-order chi connectivity index (χ1) is 11.2. The fourth-order valence-corrected chi connectivity index (χ4v) is 3.52. The Kier molecular flexibility index (Phi) is 4.55. The largest absolute Gasteiger partial charge is 0.363 e. The van der Waals surface area contributed by atoms with Crippen molar-refractivity contribution >= 4 is 22.7 Å². The van der Waals surface area contributed by atoms with Gasteiger partial charge >= 0.3 is 0 Å². The summed E-state index contributed by atoms with van der Waals surface area (Å²) in [4.78, 5) is 16.6. The third kappa shape index (κ3) is 3.50. The molecule has 1 saturated heterocycles. The molecule has 3 rings (SSSR count). The summed E-state index contributed by atoms with van der Waals surface area (Å²) in [7, 11) is 0. The molecule has 0 N–H and O–H groups in total. The van der Waals surface area contributed by atoms with Gasteiger partial charge in [0.05, 0.1) is 16.6 Å². The van der Waals surface area contributed by atoms with Crippen LogP contribution in [-0.4, -0.2) is 36.0 Å². The van der Waals surface area contributed by atoms with Gasteiger partial charge in [-0.3, -0.25) is 15.0 Å². The molecule has 0 radical (unpaired) electrons. The van der Waals surface area contributed by atoms with Crippen molar-refractivity contribution < 1.29 is 4.92 Å². The molecule has 118 valence electrons. The highest BCUT2D eigenvalue weighted by atomic mass is 32.1. The van der Waals surface area contributed by atoms with Crippen molar-refractivity contribution in [1.82, 2.24) is 4.90 Å². The minimum absolute atomic E-state index is 0.00996. The first-order valence-corrected chi connectivity index (χ1v) is 8.23. The first kappa shape index (κ1) is 15.5. The van der Waals surface area contributed by atoms with Crippen molar-refractivity contribution in [3.63, 3.8) is 0 Å². The number of anilines is 1. The SMILES string of the molecule is N#Cc1ccc(N2CCN(Cc3cccs3)CC2)c([N+](=O)[O-])c1. The molecular weight excluding hydrogens is 312 g/mol. The lowest BCUT2D eigenvalue weighted by molar-refractivity contribution is -0.384. The second kappa shape index (κ2) is 6.77. The van der Waals surface area contributed by atoms with Crippen LogP contribution in [0.4, 0.5) is 11.4 Å². The topological polar surface area (TPSA) is 73.4 Å². The van der Waals surface area contributed by atoms with Gasteiger partial charge in [-0.05, 0) is 23.6 Å². The van der Waals surface area contributed by atoms with Gasteiger partial charge in [0.25, 0.3) is 5.69 Å². The number of nitro benzene ring substituents is 1. The summed E-state index contributed by atoms with van der Waals surface area (Å²) < 4.78 is 0. The quantitative estimate of drug-likeness (QED) is 0.637. The Morgan fingerprint density at radius 3 is 2.65 bits per heavy atom. The van der Waals surface area contributed by atoms with E-state index in [0.29, 0.717) is 11.3 Å². The van der Waals surface area contributed by atoms with E-state index in [4.69, 9.17) is 5.26 Å². The zero-order valence-corrected chi connectivity index (χ0v) is 13.3. The summed E-state index contributed by atoms with van der Waals surface area (Å²) >= 11 is 1.75. The third-order valence-electron chi connectivity index (χ3n) is 3.97. The van der Waals surface area contributed by atoms with Gasteiger partial charge in [0.2, 0.25) is 0 Å². The molecule has 1 aliphatic heterocycles. The number of hydrogen-bond acceptors (Lipinski definition) is 6. The van der Waals surface area contributed by atoms with Gasteiger partial charge in [-0.25, -0.2) is 0 Å². The van der Waals surface area contributed by atoms with E-state index in [-0.39, 0.29) is 5.69 Å². The number of rotatable bonds is 4. The molecule has 1 aromatic heterocycles. The van der Waals surface area contributed by atoms with Crippen molar-refractivity contribution in [3.05, 3.63) is 56.3 Å². The molecule has 7 heteroatoms. The van der Waals surface area contributed by atoms with E-state index in [9.17, 15) is 10.1 Å². The molecule has 0 aliphatic carbocycles. The Bertz CT molecular complexity index is 731. The van der Waals surface area contributed by atoms with Gasteiger partial charge < -0.3 is 4.90 Å². The molecule has 2 heterocycles.